The van der Waals surface area contributed by atoms with Gasteiger partial charge < -0.3 is 4.90 Å². The van der Waals surface area contributed by atoms with Crippen LogP contribution in [0.3, 0.4) is 0 Å². The highest BCUT2D eigenvalue weighted by Gasteiger charge is 2.21. The first-order valence-corrected chi connectivity index (χ1v) is 10.1. The van der Waals surface area contributed by atoms with E-state index in [9.17, 15) is 4.79 Å². The van der Waals surface area contributed by atoms with E-state index in [2.05, 4.69) is 21.6 Å². The molecule has 28 heavy (non-hydrogen) atoms. The van der Waals surface area contributed by atoms with Crippen LogP contribution >= 0.6 is 11.3 Å². The predicted molar refractivity (Wildman–Crippen MR) is 112 cm³/mol. The Kier molecular flexibility index (Phi) is 6.04. The fraction of sp³-hybridized carbons (Fsp3) is 0.333. The largest absolute Gasteiger partial charge is 0.334 e. The Bertz CT molecular complexity index is 970. The molecule has 0 spiro atoms. The van der Waals surface area contributed by atoms with Crippen LogP contribution in [-0.4, -0.2) is 37.1 Å². The third-order valence-electron chi connectivity index (χ3n) is 4.56. The first-order valence-electron chi connectivity index (χ1n) is 9.18. The van der Waals surface area contributed by atoms with E-state index < -0.39 is 0 Å². The second kappa shape index (κ2) is 8.48. The van der Waals surface area contributed by atoms with E-state index in [1.807, 2.05) is 56.2 Å². The van der Waals surface area contributed by atoms with Crippen molar-refractivity contribution in [3.8, 4) is 5.95 Å². The van der Waals surface area contributed by atoms with Gasteiger partial charge in [0, 0.05) is 34.1 Å². The number of carbonyl (C=O) groups is 1. The summed E-state index contributed by atoms with van der Waals surface area (Å²) >= 11 is 1.65. The van der Waals surface area contributed by atoms with Crippen molar-refractivity contribution < 1.29 is 4.79 Å². The lowest BCUT2D eigenvalue weighted by atomic mass is 10.1. The first-order chi connectivity index (χ1) is 13.4. The summed E-state index contributed by atoms with van der Waals surface area (Å²) in [6.45, 7) is 12.7. The average Bonchev–Trinajstić information content (AvgIpc) is 3.24. The molecule has 0 aliphatic heterocycles. The summed E-state index contributed by atoms with van der Waals surface area (Å²) in [6, 6.07) is 5.97. The van der Waals surface area contributed by atoms with Gasteiger partial charge >= 0.3 is 0 Å². The molecule has 6 nitrogen and oxygen atoms in total. The monoisotopic (exact) mass is 395 g/mol. The van der Waals surface area contributed by atoms with Gasteiger partial charge in [-0.05, 0) is 45.2 Å². The average molecular weight is 396 g/mol. The van der Waals surface area contributed by atoms with Gasteiger partial charge in [-0.3, -0.25) is 4.79 Å². The smallest absolute Gasteiger partial charge is 0.251 e. The molecule has 0 aromatic carbocycles. The van der Waals surface area contributed by atoms with E-state index in [0.717, 1.165) is 33.2 Å². The van der Waals surface area contributed by atoms with E-state index >= 15 is 0 Å². The van der Waals surface area contributed by atoms with Crippen molar-refractivity contribution in [2.45, 2.75) is 40.7 Å². The molecule has 3 aromatic rings. The van der Waals surface area contributed by atoms with Crippen molar-refractivity contribution in [3.05, 3.63) is 69.5 Å². The highest BCUT2D eigenvalue weighted by Crippen LogP contribution is 2.19. The van der Waals surface area contributed by atoms with Crippen molar-refractivity contribution in [2.75, 3.05) is 6.54 Å². The molecular formula is C21H25N5OS. The van der Waals surface area contributed by atoms with Gasteiger partial charge in [-0.15, -0.1) is 17.9 Å². The topological polar surface area (TPSA) is 63.9 Å². The first kappa shape index (κ1) is 19.9. The lowest BCUT2D eigenvalue weighted by Gasteiger charge is -2.20. The quantitative estimate of drug-likeness (QED) is 0.572. The van der Waals surface area contributed by atoms with E-state index in [4.69, 9.17) is 0 Å². The molecule has 7 heteroatoms. The molecule has 3 heterocycles. The van der Waals surface area contributed by atoms with Crippen molar-refractivity contribution in [3.63, 3.8) is 0 Å². The third-order valence-corrected chi connectivity index (χ3v) is 5.42. The summed E-state index contributed by atoms with van der Waals surface area (Å²) in [4.78, 5) is 25.0. The van der Waals surface area contributed by atoms with Crippen molar-refractivity contribution in [2.24, 2.45) is 0 Å². The maximum Gasteiger partial charge on any atom is 0.251 e. The number of thiophene rings is 1. The minimum atomic E-state index is 0.0559. The molecule has 0 fully saturated rings. The van der Waals surface area contributed by atoms with Gasteiger partial charge in [-0.2, -0.15) is 5.10 Å². The summed E-state index contributed by atoms with van der Waals surface area (Å²) in [5.74, 6) is 0.596. The molecule has 0 saturated carbocycles. The minimum absolute atomic E-state index is 0.0559. The molecule has 0 saturated heterocycles. The molecule has 0 atom stereocenters. The van der Waals surface area contributed by atoms with Crippen LogP contribution in [0, 0.1) is 27.7 Å². The summed E-state index contributed by atoms with van der Waals surface area (Å²) in [5, 5.41) is 6.62. The van der Waals surface area contributed by atoms with Crippen LogP contribution in [0.25, 0.3) is 5.95 Å². The number of rotatable bonds is 7. The minimum Gasteiger partial charge on any atom is -0.334 e. The number of hydrogen-bond acceptors (Lipinski definition) is 5. The zero-order chi connectivity index (χ0) is 20.3. The highest BCUT2D eigenvalue weighted by molar-refractivity contribution is 7.09. The molecule has 0 N–H and O–H groups in total. The number of amides is 1. The van der Waals surface area contributed by atoms with Gasteiger partial charge in [-0.1, -0.05) is 12.1 Å². The van der Waals surface area contributed by atoms with E-state index in [0.29, 0.717) is 25.5 Å². The standard InChI is InChI=1S/C21H25N5OS/c1-6-9-25(13-18-8-7-10-28-18)20(27)12-19-16(4)24-26(17(19)5)21-22-14(2)11-15(3)23-21/h6-8,10-11H,1,9,12-13H2,2-5H3. The molecular weight excluding hydrogens is 370 g/mol. The second-order valence-electron chi connectivity index (χ2n) is 6.83. The van der Waals surface area contributed by atoms with Crippen LogP contribution in [0.5, 0.6) is 0 Å². The van der Waals surface area contributed by atoms with Gasteiger partial charge in [0.15, 0.2) is 0 Å². The van der Waals surface area contributed by atoms with Crippen molar-refractivity contribution in [1.29, 1.82) is 0 Å². The lowest BCUT2D eigenvalue weighted by Crippen LogP contribution is -2.32. The van der Waals surface area contributed by atoms with Gasteiger partial charge in [0.2, 0.25) is 5.91 Å². The predicted octanol–water partition coefficient (Wildman–Crippen LogP) is 3.71. The summed E-state index contributed by atoms with van der Waals surface area (Å²) in [6.07, 6.45) is 2.06. The number of aromatic nitrogens is 4. The van der Waals surface area contributed by atoms with E-state index in [-0.39, 0.29) is 5.91 Å². The maximum absolute atomic E-state index is 13.0. The fourth-order valence-corrected chi connectivity index (χ4v) is 3.91. The Labute approximate surface area is 169 Å². The van der Waals surface area contributed by atoms with Gasteiger partial charge in [0.05, 0.1) is 18.7 Å². The summed E-state index contributed by atoms with van der Waals surface area (Å²) < 4.78 is 1.73. The van der Waals surface area contributed by atoms with Gasteiger partial charge in [0.1, 0.15) is 0 Å². The summed E-state index contributed by atoms with van der Waals surface area (Å²) in [5.41, 5.74) is 4.42. The normalized spacial score (nSPS) is 10.9. The fourth-order valence-electron chi connectivity index (χ4n) is 3.19. The number of carbonyl (C=O) groups excluding carboxylic acids is 1. The van der Waals surface area contributed by atoms with Crippen LogP contribution in [0.15, 0.2) is 36.2 Å². The molecule has 0 aliphatic rings. The molecule has 0 aliphatic carbocycles. The molecule has 0 bridgehead atoms. The van der Waals surface area contributed by atoms with Crippen LogP contribution < -0.4 is 0 Å². The zero-order valence-electron chi connectivity index (χ0n) is 16.8. The SMILES string of the molecule is C=CCN(Cc1cccs1)C(=O)Cc1c(C)nn(-c2nc(C)cc(C)n2)c1C. The Balaban J connectivity index is 1.86. The molecule has 1 amide bonds. The summed E-state index contributed by atoms with van der Waals surface area (Å²) in [7, 11) is 0. The molecule has 146 valence electrons. The Morgan fingerprint density at radius 3 is 2.57 bits per heavy atom. The molecule has 3 rings (SSSR count). The highest BCUT2D eigenvalue weighted by atomic mass is 32.1. The van der Waals surface area contributed by atoms with Crippen LogP contribution in [-0.2, 0) is 17.8 Å². The van der Waals surface area contributed by atoms with Crippen molar-refractivity contribution >= 4 is 17.2 Å². The Morgan fingerprint density at radius 1 is 1.25 bits per heavy atom. The van der Waals surface area contributed by atoms with E-state index in [1.165, 1.54) is 0 Å². The van der Waals surface area contributed by atoms with Gasteiger partial charge in [-0.25, -0.2) is 14.6 Å². The zero-order valence-corrected chi connectivity index (χ0v) is 17.6. The lowest BCUT2D eigenvalue weighted by molar-refractivity contribution is -0.130. The number of nitrogens with zero attached hydrogens (tertiary/aromatic N) is 5. The van der Waals surface area contributed by atoms with Gasteiger partial charge in [0.25, 0.3) is 5.95 Å². The Morgan fingerprint density at radius 2 is 1.96 bits per heavy atom. The molecule has 0 radical (unpaired) electrons. The van der Waals surface area contributed by atoms with Crippen LogP contribution in [0.2, 0.25) is 0 Å². The van der Waals surface area contributed by atoms with E-state index in [1.54, 1.807) is 22.1 Å². The number of aryl methyl sites for hydroxylation is 3. The third kappa shape index (κ3) is 4.36. The van der Waals surface area contributed by atoms with Crippen LogP contribution in [0.4, 0.5) is 0 Å². The second-order valence-corrected chi connectivity index (χ2v) is 7.86. The molecule has 3 aromatic heterocycles. The number of hydrogen-bond donors (Lipinski definition) is 0. The van der Waals surface area contributed by atoms with Crippen LogP contribution in [0.1, 0.15) is 33.2 Å². The maximum atomic E-state index is 13.0. The molecule has 0 unspecified atom stereocenters. The van der Waals surface area contributed by atoms with Crippen molar-refractivity contribution in [1.82, 2.24) is 24.6 Å². The Hall–Kier alpha value is -2.80.